The Balaban J connectivity index is 2.19. The lowest BCUT2D eigenvalue weighted by Crippen LogP contribution is -2.12. The summed E-state index contributed by atoms with van der Waals surface area (Å²) in [6.45, 7) is 2.21. The lowest BCUT2D eigenvalue weighted by atomic mass is 9.88. The summed E-state index contributed by atoms with van der Waals surface area (Å²) in [5.74, 6) is 1.01. The number of carbonyl (C=O) groups is 1. The first-order valence-corrected chi connectivity index (χ1v) is 5.51. The van der Waals surface area contributed by atoms with Crippen molar-refractivity contribution in [1.29, 1.82) is 0 Å². The van der Waals surface area contributed by atoms with Crippen molar-refractivity contribution >= 4 is 5.78 Å². The van der Waals surface area contributed by atoms with Crippen molar-refractivity contribution in [2.45, 2.75) is 51.9 Å². The van der Waals surface area contributed by atoms with Gasteiger partial charge in [0, 0.05) is 12.8 Å². The molecule has 0 heterocycles. The Morgan fingerprint density at radius 2 is 2.38 bits per heavy atom. The van der Waals surface area contributed by atoms with Crippen molar-refractivity contribution in [2.24, 2.45) is 5.92 Å². The molecule has 0 saturated heterocycles. The van der Waals surface area contributed by atoms with Gasteiger partial charge in [0.25, 0.3) is 0 Å². The predicted octanol–water partition coefficient (Wildman–Crippen LogP) is 3.49. The van der Waals surface area contributed by atoms with Crippen molar-refractivity contribution in [2.75, 3.05) is 0 Å². The van der Waals surface area contributed by atoms with Crippen LogP contribution in [0.1, 0.15) is 51.9 Å². The van der Waals surface area contributed by atoms with Crippen LogP contribution >= 0.6 is 0 Å². The van der Waals surface area contributed by atoms with E-state index in [1.165, 1.54) is 25.7 Å². The van der Waals surface area contributed by atoms with E-state index >= 15 is 0 Å². The number of allylic oxidation sites excluding steroid dienone is 2. The Morgan fingerprint density at radius 3 is 3.08 bits per heavy atom. The Hall–Kier alpha value is -0.590. The van der Waals surface area contributed by atoms with Gasteiger partial charge in [-0.1, -0.05) is 31.9 Å². The van der Waals surface area contributed by atoms with E-state index in [2.05, 4.69) is 19.1 Å². The monoisotopic (exact) mass is 180 g/mol. The average molecular weight is 180 g/mol. The summed E-state index contributed by atoms with van der Waals surface area (Å²) in [7, 11) is 0. The molecule has 74 valence electrons. The molecule has 0 aromatic heterocycles. The molecule has 0 amide bonds. The van der Waals surface area contributed by atoms with Gasteiger partial charge in [-0.3, -0.25) is 4.79 Å². The molecule has 1 fully saturated rings. The van der Waals surface area contributed by atoms with Crippen LogP contribution in [0.5, 0.6) is 0 Å². The number of unbranched alkanes of at least 4 members (excludes halogenated alkanes) is 2. The second-order valence-corrected chi connectivity index (χ2v) is 3.97. The molecule has 0 bridgehead atoms. The number of ketones is 1. The molecule has 1 aliphatic rings. The highest BCUT2D eigenvalue weighted by molar-refractivity contribution is 5.79. The average Bonchev–Trinajstić information content (AvgIpc) is 2.13. The van der Waals surface area contributed by atoms with Gasteiger partial charge >= 0.3 is 0 Å². The van der Waals surface area contributed by atoms with Crippen molar-refractivity contribution in [1.82, 2.24) is 0 Å². The summed E-state index contributed by atoms with van der Waals surface area (Å²) < 4.78 is 0. The zero-order chi connectivity index (χ0) is 9.52. The standard InChI is InChI=1S/C12H20O/c1-2-3-4-5-7-11-8-6-9-12(13)10-11/h5,7,11H,2-4,6,8-10H2,1H3/b7-5+/t11-/m0/s1. The van der Waals surface area contributed by atoms with Gasteiger partial charge in [0.1, 0.15) is 5.78 Å². The second kappa shape index (κ2) is 5.95. The van der Waals surface area contributed by atoms with Crippen LogP contribution in [-0.2, 0) is 4.79 Å². The third kappa shape index (κ3) is 4.25. The molecule has 1 nitrogen and oxygen atoms in total. The third-order valence-electron chi connectivity index (χ3n) is 2.65. The Labute approximate surface area is 81.2 Å². The summed E-state index contributed by atoms with van der Waals surface area (Å²) in [4.78, 5) is 11.1. The van der Waals surface area contributed by atoms with Crippen LogP contribution < -0.4 is 0 Å². The van der Waals surface area contributed by atoms with E-state index in [1.54, 1.807) is 0 Å². The quantitative estimate of drug-likeness (QED) is 0.478. The zero-order valence-electron chi connectivity index (χ0n) is 8.59. The van der Waals surface area contributed by atoms with Gasteiger partial charge < -0.3 is 0 Å². The van der Waals surface area contributed by atoms with Gasteiger partial charge in [0.2, 0.25) is 0 Å². The normalized spacial score (nSPS) is 24.1. The van der Waals surface area contributed by atoms with Gasteiger partial charge in [-0.15, -0.1) is 0 Å². The second-order valence-electron chi connectivity index (χ2n) is 3.97. The van der Waals surface area contributed by atoms with E-state index in [0.29, 0.717) is 11.7 Å². The van der Waals surface area contributed by atoms with Crippen molar-refractivity contribution in [3.8, 4) is 0 Å². The van der Waals surface area contributed by atoms with Gasteiger partial charge in [-0.05, 0) is 25.2 Å². The van der Waals surface area contributed by atoms with Gasteiger partial charge in [0.15, 0.2) is 0 Å². The summed E-state index contributed by atoms with van der Waals surface area (Å²) in [6.07, 6.45) is 12.2. The summed E-state index contributed by atoms with van der Waals surface area (Å²) in [5, 5.41) is 0. The van der Waals surface area contributed by atoms with Crippen molar-refractivity contribution < 1.29 is 4.79 Å². The highest BCUT2D eigenvalue weighted by Crippen LogP contribution is 2.22. The van der Waals surface area contributed by atoms with Crippen molar-refractivity contribution in [3.63, 3.8) is 0 Å². The smallest absolute Gasteiger partial charge is 0.133 e. The molecule has 13 heavy (non-hydrogen) atoms. The fourth-order valence-corrected chi connectivity index (χ4v) is 1.83. The zero-order valence-corrected chi connectivity index (χ0v) is 8.59. The molecule has 0 aromatic rings. The molecule has 1 aliphatic carbocycles. The maximum atomic E-state index is 11.1. The molecule has 1 heteroatoms. The molecule has 0 spiro atoms. The fourth-order valence-electron chi connectivity index (χ4n) is 1.83. The maximum Gasteiger partial charge on any atom is 0.133 e. The molecule has 0 unspecified atom stereocenters. The van der Waals surface area contributed by atoms with E-state index in [1.807, 2.05) is 0 Å². The minimum Gasteiger partial charge on any atom is -0.300 e. The molecule has 0 N–H and O–H groups in total. The summed E-state index contributed by atoms with van der Waals surface area (Å²) >= 11 is 0. The fraction of sp³-hybridized carbons (Fsp3) is 0.750. The Morgan fingerprint density at radius 1 is 1.54 bits per heavy atom. The first kappa shape index (κ1) is 10.5. The molecular weight excluding hydrogens is 160 g/mol. The first-order chi connectivity index (χ1) is 6.33. The van der Waals surface area contributed by atoms with Crippen LogP contribution in [0, 0.1) is 5.92 Å². The van der Waals surface area contributed by atoms with Gasteiger partial charge in [0.05, 0.1) is 0 Å². The number of hydrogen-bond donors (Lipinski definition) is 0. The van der Waals surface area contributed by atoms with Crippen LogP contribution in [0.2, 0.25) is 0 Å². The predicted molar refractivity (Wildman–Crippen MR) is 55.6 cm³/mol. The SMILES string of the molecule is CCCC/C=C/[C@H]1CCCC(=O)C1. The maximum absolute atomic E-state index is 11.1. The molecule has 1 rings (SSSR count). The first-order valence-electron chi connectivity index (χ1n) is 5.51. The van der Waals surface area contributed by atoms with Crippen molar-refractivity contribution in [3.05, 3.63) is 12.2 Å². The summed E-state index contributed by atoms with van der Waals surface area (Å²) in [5.41, 5.74) is 0. The molecule has 0 radical (unpaired) electrons. The van der Waals surface area contributed by atoms with Crippen LogP contribution in [0.3, 0.4) is 0 Å². The minimum absolute atomic E-state index is 0.455. The van der Waals surface area contributed by atoms with E-state index in [0.717, 1.165) is 19.3 Å². The van der Waals surface area contributed by atoms with E-state index in [-0.39, 0.29) is 0 Å². The third-order valence-corrected chi connectivity index (χ3v) is 2.65. The molecule has 1 saturated carbocycles. The van der Waals surface area contributed by atoms with E-state index < -0.39 is 0 Å². The van der Waals surface area contributed by atoms with E-state index in [9.17, 15) is 4.79 Å². The van der Waals surface area contributed by atoms with Crippen LogP contribution in [0.4, 0.5) is 0 Å². The minimum atomic E-state index is 0.455. The topological polar surface area (TPSA) is 17.1 Å². The number of rotatable bonds is 4. The number of hydrogen-bond acceptors (Lipinski definition) is 1. The van der Waals surface area contributed by atoms with E-state index in [4.69, 9.17) is 0 Å². The summed E-state index contributed by atoms with van der Waals surface area (Å²) in [6, 6.07) is 0. The Bertz CT molecular complexity index is 182. The molecule has 0 aliphatic heterocycles. The highest BCUT2D eigenvalue weighted by atomic mass is 16.1. The van der Waals surface area contributed by atoms with Gasteiger partial charge in [-0.2, -0.15) is 0 Å². The highest BCUT2D eigenvalue weighted by Gasteiger charge is 2.16. The lowest BCUT2D eigenvalue weighted by Gasteiger charge is -2.16. The van der Waals surface area contributed by atoms with Crippen LogP contribution in [-0.4, -0.2) is 5.78 Å². The Kier molecular flexibility index (Phi) is 4.81. The van der Waals surface area contributed by atoms with Gasteiger partial charge in [-0.25, -0.2) is 0 Å². The molecule has 0 aromatic carbocycles. The number of carbonyl (C=O) groups excluding carboxylic acids is 1. The van der Waals surface area contributed by atoms with Crippen LogP contribution in [0.15, 0.2) is 12.2 Å². The largest absolute Gasteiger partial charge is 0.300 e. The molecule has 1 atom stereocenters. The molecular formula is C12H20O. The number of Topliss-reactive ketones (excluding diaryl/α,β-unsaturated/α-hetero) is 1. The van der Waals surface area contributed by atoms with Crippen LogP contribution in [0.25, 0.3) is 0 Å². The lowest BCUT2D eigenvalue weighted by molar-refractivity contribution is -0.121.